The normalized spacial score (nSPS) is 17.5. The lowest BCUT2D eigenvalue weighted by atomic mass is 9.85. The summed E-state index contributed by atoms with van der Waals surface area (Å²) >= 11 is 0. The molecule has 0 saturated carbocycles. The average molecular weight is 423 g/mol. The van der Waals surface area contributed by atoms with E-state index in [9.17, 15) is 5.26 Å². The molecule has 0 spiro atoms. The van der Waals surface area contributed by atoms with Gasteiger partial charge in [-0.05, 0) is 74.8 Å². The number of nitrogens with one attached hydrogen (secondary N) is 1. The van der Waals surface area contributed by atoms with Crippen LogP contribution in [-0.2, 0) is 22.5 Å². The number of rotatable bonds is 11. The molecule has 2 rings (SSSR count). The molecule has 166 valence electrons. The molecule has 0 saturated heterocycles. The van der Waals surface area contributed by atoms with E-state index in [1.807, 2.05) is 26.8 Å². The smallest absolute Gasteiger partial charge is 0.200 e. The fourth-order valence-corrected chi connectivity index (χ4v) is 3.74. The minimum Gasteiger partial charge on any atom is -0.490 e. The molecule has 6 heteroatoms. The third-order valence-electron chi connectivity index (χ3n) is 5.26. The van der Waals surface area contributed by atoms with Crippen LogP contribution >= 0.6 is 0 Å². The Morgan fingerprint density at radius 1 is 1.45 bits per heavy atom. The second-order valence-corrected chi connectivity index (χ2v) is 7.89. The lowest BCUT2D eigenvalue weighted by Gasteiger charge is -2.25. The minimum atomic E-state index is -0.526. The third-order valence-corrected chi connectivity index (χ3v) is 5.26. The zero-order valence-corrected chi connectivity index (χ0v) is 18.9. The van der Waals surface area contributed by atoms with Crippen molar-refractivity contribution >= 4 is 6.72 Å². The largest absolute Gasteiger partial charge is 0.490 e. The van der Waals surface area contributed by atoms with E-state index in [0.29, 0.717) is 24.3 Å². The Labute approximate surface area is 186 Å². The lowest BCUT2D eigenvalue weighted by molar-refractivity contribution is 0.0597. The van der Waals surface area contributed by atoms with Crippen LogP contribution < -0.4 is 11.1 Å². The summed E-state index contributed by atoms with van der Waals surface area (Å²) in [4.78, 5) is 5.43. The fraction of sp³-hybridized carbons (Fsp3) is 0.440. The number of oxime groups is 1. The summed E-state index contributed by atoms with van der Waals surface area (Å²) in [6.07, 6.45) is 6.63. The highest BCUT2D eigenvalue weighted by atomic mass is 16.6. The van der Waals surface area contributed by atoms with Crippen molar-refractivity contribution in [1.29, 1.82) is 5.26 Å². The predicted molar refractivity (Wildman–Crippen MR) is 125 cm³/mol. The molecule has 0 amide bonds. The van der Waals surface area contributed by atoms with Crippen LogP contribution in [0.2, 0.25) is 0 Å². The molecule has 0 radical (unpaired) electrons. The first-order chi connectivity index (χ1) is 14.9. The van der Waals surface area contributed by atoms with E-state index in [4.69, 9.17) is 15.3 Å². The summed E-state index contributed by atoms with van der Waals surface area (Å²) in [6, 6.07) is 8.58. The van der Waals surface area contributed by atoms with Crippen LogP contribution in [0.25, 0.3) is 0 Å². The van der Waals surface area contributed by atoms with Crippen molar-refractivity contribution in [3.63, 3.8) is 0 Å². The van der Waals surface area contributed by atoms with Gasteiger partial charge < -0.3 is 15.3 Å². The Morgan fingerprint density at radius 2 is 2.23 bits per heavy atom. The van der Waals surface area contributed by atoms with Gasteiger partial charge in [0.2, 0.25) is 6.23 Å². The number of hydrogen-bond donors (Lipinski definition) is 2. The van der Waals surface area contributed by atoms with Crippen LogP contribution in [0.1, 0.15) is 62.8 Å². The first-order valence-corrected chi connectivity index (χ1v) is 10.7. The molecule has 1 unspecified atom stereocenters. The molecule has 0 bridgehead atoms. The fourth-order valence-electron chi connectivity index (χ4n) is 3.74. The van der Waals surface area contributed by atoms with Gasteiger partial charge in [0.05, 0.1) is 11.7 Å². The van der Waals surface area contributed by atoms with Crippen molar-refractivity contribution in [1.82, 2.24) is 5.32 Å². The first kappa shape index (κ1) is 24.4. The highest BCUT2D eigenvalue weighted by Crippen LogP contribution is 2.30. The standard InChI is InChI=1S/C25H34N4O2/c1-6-24(30-17(2)3)19(15-26)14-13-18(4)25(31-28-5)29-16-20-9-7-11-22-21(20)10-8-12-23(22)27/h6-7,9,11,14,17,23,25,29H,4-5,8,10,12-13,16,27H2,1-3H3/b19-14-,24-6+/t23-,25?/m0/s1. The minimum absolute atomic E-state index is 0.0150. The Kier molecular flexibility index (Phi) is 9.51. The van der Waals surface area contributed by atoms with E-state index >= 15 is 0 Å². The van der Waals surface area contributed by atoms with E-state index in [0.717, 1.165) is 24.8 Å². The van der Waals surface area contributed by atoms with Crippen LogP contribution in [-0.4, -0.2) is 19.0 Å². The Hall–Kier alpha value is -2.88. The van der Waals surface area contributed by atoms with Crippen molar-refractivity contribution in [3.8, 4) is 6.07 Å². The third kappa shape index (κ3) is 6.81. The zero-order valence-electron chi connectivity index (χ0n) is 18.9. The van der Waals surface area contributed by atoms with E-state index in [1.54, 1.807) is 12.2 Å². The highest BCUT2D eigenvalue weighted by molar-refractivity contribution is 5.40. The molecule has 1 aliphatic rings. The van der Waals surface area contributed by atoms with Crippen LogP contribution in [0.15, 0.2) is 59.0 Å². The van der Waals surface area contributed by atoms with Gasteiger partial charge in [-0.2, -0.15) is 5.26 Å². The summed E-state index contributed by atoms with van der Waals surface area (Å²) in [6.45, 7) is 13.9. The maximum Gasteiger partial charge on any atom is 0.200 e. The molecule has 1 aliphatic carbocycles. The van der Waals surface area contributed by atoms with Crippen LogP contribution in [0.4, 0.5) is 0 Å². The average Bonchev–Trinajstić information content (AvgIpc) is 2.76. The summed E-state index contributed by atoms with van der Waals surface area (Å²) < 4.78 is 5.71. The second-order valence-electron chi connectivity index (χ2n) is 7.89. The van der Waals surface area contributed by atoms with E-state index < -0.39 is 6.23 Å². The van der Waals surface area contributed by atoms with E-state index in [2.05, 4.69) is 42.0 Å². The van der Waals surface area contributed by atoms with Gasteiger partial charge in [-0.25, -0.2) is 0 Å². The van der Waals surface area contributed by atoms with Gasteiger partial charge in [0.25, 0.3) is 0 Å². The molecule has 2 atom stereocenters. The maximum absolute atomic E-state index is 9.53. The summed E-state index contributed by atoms with van der Waals surface area (Å²) in [5.41, 5.74) is 11.2. The summed E-state index contributed by atoms with van der Waals surface area (Å²) in [5.74, 6) is 0.560. The topological polar surface area (TPSA) is 92.7 Å². The second kappa shape index (κ2) is 12.1. The van der Waals surface area contributed by atoms with Crippen molar-refractivity contribution in [2.45, 2.75) is 71.4 Å². The van der Waals surface area contributed by atoms with Crippen molar-refractivity contribution in [3.05, 3.63) is 70.5 Å². The number of nitriles is 1. The van der Waals surface area contributed by atoms with Gasteiger partial charge >= 0.3 is 0 Å². The SMILES string of the molecule is C=NOC(NCc1cccc2c1CCC[C@@H]2N)C(=C)C/C=C(C#N)\C(=C/C)OC(C)C. The van der Waals surface area contributed by atoms with Gasteiger partial charge in [0.1, 0.15) is 11.8 Å². The monoisotopic (exact) mass is 422 g/mol. The van der Waals surface area contributed by atoms with Crippen molar-refractivity contribution in [2.75, 3.05) is 0 Å². The predicted octanol–water partition coefficient (Wildman–Crippen LogP) is 4.80. The summed E-state index contributed by atoms with van der Waals surface area (Å²) in [7, 11) is 0. The molecule has 0 fully saturated rings. The molecule has 1 aromatic carbocycles. The molecule has 0 heterocycles. The number of nitrogens with two attached hydrogens (primary N) is 1. The first-order valence-electron chi connectivity index (χ1n) is 10.7. The molecule has 31 heavy (non-hydrogen) atoms. The van der Waals surface area contributed by atoms with Gasteiger partial charge in [0, 0.05) is 19.3 Å². The van der Waals surface area contributed by atoms with E-state index in [-0.39, 0.29) is 12.1 Å². The Morgan fingerprint density at radius 3 is 2.87 bits per heavy atom. The van der Waals surface area contributed by atoms with Crippen molar-refractivity contribution < 1.29 is 9.57 Å². The van der Waals surface area contributed by atoms with E-state index in [1.165, 1.54) is 16.7 Å². The Balaban J connectivity index is 2.09. The number of allylic oxidation sites excluding steroid dienone is 3. The molecule has 3 N–H and O–H groups in total. The lowest BCUT2D eigenvalue weighted by Crippen LogP contribution is -2.32. The molecular formula is C25H34N4O2. The molecule has 0 aliphatic heterocycles. The van der Waals surface area contributed by atoms with Gasteiger partial charge in [-0.15, -0.1) is 5.16 Å². The van der Waals surface area contributed by atoms with Crippen LogP contribution in [0, 0.1) is 11.3 Å². The molecule has 6 nitrogen and oxygen atoms in total. The quantitative estimate of drug-likeness (QED) is 0.102. The number of nitrogens with zero attached hydrogens (tertiary/aromatic N) is 2. The number of ether oxygens (including phenoxy) is 1. The molecular weight excluding hydrogens is 388 g/mol. The van der Waals surface area contributed by atoms with Crippen LogP contribution in [0.3, 0.4) is 0 Å². The van der Waals surface area contributed by atoms with Gasteiger partial charge in [0.15, 0.2) is 0 Å². The molecule has 1 aromatic rings. The molecule has 0 aromatic heterocycles. The van der Waals surface area contributed by atoms with Gasteiger partial charge in [-0.3, -0.25) is 5.32 Å². The number of hydrogen-bond acceptors (Lipinski definition) is 6. The number of benzene rings is 1. The van der Waals surface area contributed by atoms with Gasteiger partial charge in [-0.1, -0.05) is 30.9 Å². The summed E-state index contributed by atoms with van der Waals surface area (Å²) in [5, 5.41) is 16.5. The zero-order chi connectivity index (χ0) is 22.8. The maximum atomic E-state index is 9.53. The van der Waals surface area contributed by atoms with Crippen molar-refractivity contribution in [2.24, 2.45) is 10.9 Å². The number of fused-ring (bicyclic) bond motifs is 1. The highest BCUT2D eigenvalue weighted by Gasteiger charge is 2.20. The van der Waals surface area contributed by atoms with Crippen LogP contribution in [0.5, 0.6) is 0 Å². The Bertz CT molecular complexity index is 880.